The van der Waals surface area contributed by atoms with Crippen LogP contribution in [-0.2, 0) is 14.3 Å². The summed E-state index contributed by atoms with van der Waals surface area (Å²) >= 11 is 0. The molecule has 8 heteroatoms. The van der Waals surface area contributed by atoms with Crippen molar-refractivity contribution in [3.63, 3.8) is 0 Å². The van der Waals surface area contributed by atoms with Crippen LogP contribution in [0.3, 0.4) is 0 Å². The monoisotopic (exact) mass is 298 g/mol. The number of aromatic nitrogens is 2. The maximum absolute atomic E-state index is 11.9. The number of carbonyl (C=O) groups excluding carboxylic acids is 2. The van der Waals surface area contributed by atoms with E-state index < -0.39 is 0 Å². The Morgan fingerprint density at radius 2 is 2.10 bits per heavy atom. The van der Waals surface area contributed by atoms with Crippen molar-refractivity contribution < 1.29 is 18.7 Å². The number of methoxy groups -OCH3 is 1. The van der Waals surface area contributed by atoms with E-state index in [2.05, 4.69) is 20.3 Å². The van der Waals surface area contributed by atoms with E-state index in [4.69, 9.17) is 4.42 Å². The predicted octanol–water partition coefficient (Wildman–Crippen LogP) is 1.02. The quantitative estimate of drug-likeness (QED) is 0.715. The topological polar surface area (TPSA) is 97.6 Å². The number of ether oxygens (including phenoxy) is 1. The van der Waals surface area contributed by atoms with Crippen LogP contribution in [0, 0.1) is 0 Å². The zero-order chi connectivity index (χ0) is 15.8. The molecule has 0 aliphatic heterocycles. The largest absolute Gasteiger partial charge is 0.469 e. The molecule has 0 atom stereocenters. The van der Waals surface area contributed by atoms with Gasteiger partial charge in [-0.05, 0) is 6.54 Å². The van der Waals surface area contributed by atoms with Crippen LogP contribution >= 0.6 is 0 Å². The molecule has 21 heavy (non-hydrogen) atoms. The fourth-order valence-corrected chi connectivity index (χ4v) is 1.58. The number of nitrogens with one attached hydrogen (secondary N) is 1. The summed E-state index contributed by atoms with van der Waals surface area (Å²) in [5.41, 5.74) is 0. The third-order valence-electron chi connectivity index (χ3n) is 2.86. The van der Waals surface area contributed by atoms with Crippen LogP contribution in [0.15, 0.2) is 4.42 Å². The van der Waals surface area contributed by atoms with Crippen LogP contribution in [0.4, 0.5) is 6.01 Å². The lowest BCUT2D eigenvalue weighted by molar-refractivity contribution is -0.141. The molecule has 1 aromatic rings. The molecule has 8 nitrogen and oxygen atoms in total. The maximum atomic E-state index is 11.9. The number of carbonyl (C=O) groups is 2. The Hall–Kier alpha value is -1.96. The number of hydrogen-bond acceptors (Lipinski definition) is 7. The molecule has 1 aromatic heterocycles. The number of esters is 1. The first-order valence-electron chi connectivity index (χ1n) is 6.88. The van der Waals surface area contributed by atoms with Gasteiger partial charge in [-0.1, -0.05) is 25.9 Å². The molecule has 0 radical (unpaired) electrons. The van der Waals surface area contributed by atoms with Gasteiger partial charge in [-0.3, -0.25) is 19.8 Å². The zero-order valence-electron chi connectivity index (χ0n) is 12.9. The van der Waals surface area contributed by atoms with E-state index in [1.165, 1.54) is 7.11 Å². The molecule has 1 N–H and O–H groups in total. The van der Waals surface area contributed by atoms with Gasteiger partial charge in [-0.25, -0.2) is 0 Å². The molecule has 0 fully saturated rings. The minimum atomic E-state index is -0.299. The van der Waals surface area contributed by atoms with Crippen molar-refractivity contribution in [2.24, 2.45) is 0 Å². The lowest BCUT2D eigenvalue weighted by Crippen LogP contribution is -2.34. The van der Waals surface area contributed by atoms with Crippen molar-refractivity contribution in [2.75, 3.05) is 32.1 Å². The van der Waals surface area contributed by atoms with Crippen molar-refractivity contribution in [1.82, 2.24) is 15.1 Å². The minimum Gasteiger partial charge on any atom is -0.469 e. The lowest BCUT2D eigenvalue weighted by atomic mass is 10.2. The summed E-state index contributed by atoms with van der Waals surface area (Å²) < 4.78 is 9.87. The molecule has 0 saturated heterocycles. The molecular formula is C13H22N4O4. The van der Waals surface area contributed by atoms with Crippen LogP contribution < -0.4 is 5.32 Å². The highest BCUT2D eigenvalue weighted by Crippen LogP contribution is 2.14. The highest BCUT2D eigenvalue weighted by Gasteiger charge is 2.15. The van der Waals surface area contributed by atoms with Gasteiger partial charge in [0.05, 0.1) is 20.1 Å². The van der Waals surface area contributed by atoms with E-state index >= 15 is 0 Å². The lowest BCUT2D eigenvalue weighted by Gasteiger charge is -2.18. The smallest absolute Gasteiger partial charge is 0.322 e. The van der Waals surface area contributed by atoms with Gasteiger partial charge in [-0.15, -0.1) is 5.10 Å². The van der Waals surface area contributed by atoms with Gasteiger partial charge in [0, 0.05) is 12.5 Å². The van der Waals surface area contributed by atoms with E-state index in [-0.39, 0.29) is 36.8 Å². The fraction of sp³-hybridized carbons (Fsp3) is 0.692. The molecule has 0 saturated carbocycles. The Labute approximate surface area is 123 Å². The normalized spacial score (nSPS) is 11.0. The molecule has 0 bridgehead atoms. The highest BCUT2D eigenvalue weighted by molar-refractivity contribution is 5.90. The molecule has 0 aromatic carbocycles. The van der Waals surface area contributed by atoms with Crippen molar-refractivity contribution in [3.05, 3.63) is 5.89 Å². The van der Waals surface area contributed by atoms with Crippen molar-refractivity contribution in [3.8, 4) is 0 Å². The first-order valence-corrected chi connectivity index (χ1v) is 6.88. The van der Waals surface area contributed by atoms with Gasteiger partial charge < -0.3 is 9.15 Å². The van der Waals surface area contributed by atoms with Crippen molar-refractivity contribution in [1.29, 1.82) is 0 Å². The molecule has 1 heterocycles. The molecule has 118 valence electrons. The van der Waals surface area contributed by atoms with Crippen molar-refractivity contribution >= 4 is 17.9 Å². The van der Waals surface area contributed by atoms with Gasteiger partial charge in [0.2, 0.25) is 11.8 Å². The summed E-state index contributed by atoms with van der Waals surface area (Å²) in [6, 6.07) is 0.0905. The molecule has 0 spiro atoms. The van der Waals surface area contributed by atoms with E-state index in [0.29, 0.717) is 19.0 Å². The molecule has 1 rings (SSSR count). The number of rotatable bonds is 8. The van der Waals surface area contributed by atoms with Gasteiger partial charge >= 0.3 is 12.0 Å². The Morgan fingerprint density at radius 3 is 2.62 bits per heavy atom. The average molecular weight is 298 g/mol. The van der Waals surface area contributed by atoms with Gasteiger partial charge in [0.25, 0.3) is 0 Å². The first-order chi connectivity index (χ1) is 9.96. The summed E-state index contributed by atoms with van der Waals surface area (Å²) in [6.45, 7) is 7.00. The molecule has 0 aliphatic carbocycles. The highest BCUT2D eigenvalue weighted by atomic mass is 16.5. The van der Waals surface area contributed by atoms with Crippen LogP contribution in [0.25, 0.3) is 0 Å². The third-order valence-corrected chi connectivity index (χ3v) is 2.86. The second-order valence-electron chi connectivity index (χ2n) is 4.84. The van der Waals surface area contributed by atoms with Crippen LogP contribution in [-0.4, -0.2) is 53.7 Å². The SMILES string of the molecule is CCN(CCC(=O)OC)CC(=O)Nc1nnc(C(C)C)o1. The van der Waals surface area contributed by atoms with Crippen LogP contribution in [0.2, 0.25) is 0 Å². The van der Waals surface area contributed by atoms with E-state index in [0.717, 1.165) is 0 Å². The van der Waals surface area contributed by atoms with Gasteiger partial charge in [0.1, 0.15) is 0 Å². The summed E-state index contributed by atoms with van der Waals surface area (Å²) in [4.78, 5) is 24.8. The summed E-state index contributed by atoms with van der Waals surface area (Å²) in [5, 5.41) is 10.1. The Kier molecular flexibility index (Phi) is 6.80. The average Bonchev–Trinajstić information content (AvgIpc) is 2.91. The molecular weight excluding hydrogens is 276 g/mol. The number of hydrogen-bond donors (Lipinski definition) is 1. The van der Waals surface area contributed by atoms with Crippen molar-refractivity contribution in [2.45, 2.75) is 33.1 Å². The molecule has 0 aliphatic rings. The standard InChI is InChI=1S/C13H22N4O4/c1-5-17(7-6-11(19)20-4)8-10(18)14-13-16-15-12(21-13)9(2)3/h9H,5-8H2,1-4H3,(H,14,16,18). The summed E-state index contributed by atoms with van der Waals surface area (Å²) in [7, 11) is 1.34. The number of nitrogens with zero attached hydrogens (tertiary/aromatic N) is 3. The second kappa shape index (κ2) is 8.35. The third kappa shape index (κ3) is 5.90. The zero-order valence-corrected chi connectivity index (χ0v) is 12.9. The predicted molar refractivity (Wildman–Crippen MR) is 75.8 cm³/mol. The van der Waals surface area contributed by atoms with Crippen LogP contribution in [0.5, 0.6) is 0 Å². The maximum Gasteiger partial charge on any atom is 0.322 e. The minimum absolute atomic E-state index is 0.0905. The summed E-state index contributed by atoms with van der Waals surface area (Å²) in [5.74, 6) is 0.0201. The molecule has 1 amide bonds. The van der Waals surface area contributed by atoms with E-state index in [1.807, 2.05) is 25.7 Å². The summed E-state index contributed by atoms with van der Waals surface area (Å²) in [6.07, 6.45) is 0.246. The molecule has 0 unspecified atom stereocenters. The Morgan fingerprint density at radius 1 is 1.38 bits per heavy atom. The number of likely N-dealkylation sites (N-methyl/N-ethyl adjacent to an activating group) is 1. The Bertz CT molecular complexity index is 472. The Balaban J connectivity index is 2.44. The fourth-order valence-electron chi connectivity index (χ4n) is 1.58. The second-order valence-corrected chi connectivity index (χ2v) is 4.84. The van der Waals surface area contributed by atoms with E-state index in [1.54, 1.807) is 0 Å². The van der Waals surface area contributed by atoms with Crippen LogP contribution in [0.1, 0.15) is 39.0 Å². The van der Waals surface area contributed by atoms with Gasteiger partial charge in [0.15, 0.2) is 0 Å². The van der Waals surface area contributed by atoms with E-state index in [9.17, 15) is 9.59 Å². The number of anilines is 1. The number of amides is 1. The first kappa shape index (κ1) is 17.1. The van der Waals surface area contributed by atoms with Gasteiger partial charge in [-0.2, -0.15) is 0 Å².